The van der Waals surface area contributed by atoms with Gasteiger partial charge in [0.1, 0.15) is 0 Å². The number of nitrogens with zero attached hydrogens (tertiary/aromatic N) is 5. The first-order valence-corrected chi connectivity index (χ1v) is 9.35. The van der Waals surface area contributed by atoms with E-state index >= 15 is 0 Å². The summed E-state index contributed by atoms with van der Waals surface area (Å²) in [5, 5.41) is 0. The van der Waals surface area contributed by atoms with Gasteiger partial charge in [-0.1, -0.05) is 0 Å². The van der Waals surface area contributed by atoms with E-state index in [4.69, 9.17) is 14.2 Å². The average Bonchev–Trinajstić information content (AvgIpc) is 2.57. The summed E-state index contributed by atoms with van der Waals surface area (Å²) in [5.41, 5.74) is 0. The number of rotatable bonds is 4. The van der Waals surface area contributed by atoms with E-state index in [1.807, 2.05) is 37.5 Å². The van der Waals surface area contributed by atoms with E-state index in [2.05, 4.69) is 15.0 Å². The molecule has 0 amide bonds. The molecule has 158 valence electrons. The molecule has 0 radical (unpaired) electrons. The zero-order chi connectivity index (χ0) is 20.5. The highest BCUT2D eigenvalue weighted by molar-refractivity contribution is 5.41. The van der Waals surface area contributed by atoms with Crippen LogP contribution < -0.4 is 14.5 Å². The van der Waals surface area contributed by atoms with Crippen molar-refractivity contribution in [2.24, 2.45) is 0 Å². The minimum Gasteiger partial charge on any atom is -0.454 e. The first-order valence-electron chi connectivity index (χ1n) is 9.35. The highest BCUT2D eigenvalue weighted by Crippen LogP contribution is 2.25. The average molecular weight is 405 g/mol. The smallest absolute Gasteiger partial charge is 0.422 e. The highest BCUT2D eigenvalue weighted by atomic mass is 19.4. The van der Waals surface area contributed by atoms with Gasteiger partial charge in [0.15, 0.2) is 6.61 Å². The third-order valence-electron chi connectivity index (χ3n) is 4.36. The van der Waals surface area contributed by atoms with E-state index in [-0.39, 0.29) is 42.3 Å². The second kappa shape index (κ2) is 8.24. The molecule has 0 spiro atoms. The van der Waals surface area contributed by atoms with E-state index in [0.717, 1.165) is 0 Å². The Labute approximate surface area is 162 Å². The largest absolute Gasteiger partial charge is 0.454 e. The lowest BCUT2D eigenvalue weighted by Gasteiger charge is -2.37. The Hall–Kier alpha value is -1.88. The number of aromatic nitrogens is 3. The maximum Gasteiger partial charge on any atom is 0.422 e. The monoisotopic (exact) mass is 405 g/mol. The lowest BCUT2D eigenvalue weighted by molar-refractivity contribution is -0.154. The number of halogens is 3. The van der Waals surface area contributed by atoms with Gasteiger partial charge in [0, 0.05) is 26.2 Å². The van der Waals surface area contributed by atoms with Gasteiger partial charge in [-0.25, -0.2) is 0 Å². The van der Waals surface area contributed by atoms with Crippen molar-refractivity contribution in [1.29, 1.82) is 0 Å². The fourth-order valence-electron chi connectivity index (χ4n) is 3.51. The van der Waals surface area contributed by atoms with Gasteiger partial charge in [0.25, 0.3) is 0 Å². The van der Waals surface area contributed by atoms with Crippen molar-refractivity contribution < 1.29 is 27.4 Å². The van der Waals surface area contributed by atoms with Crippen LogP contribution in [0, 0.1) is 0 Å². The molecular weight excluding hydrogens is 379 g/mol. The van der Waals surface area contributed by atoms with E-state index in [9.17, 15) is 13.2 Å². The summed E-state index contributed by atoms with van der Waals surface area (Å²) >= 11 is 0. The Kier molecular flexibility index (Phi) is 6.13. The normalized spacial score (nSPS) is 29.1. The van der Waals surface area contributed by atoms with Crippen molar-refractivity contribution in [1.82, 2.24) is 15.0 Å². The molecule has 2 aliphatic heterocycles. The van der Waals surface area contributed by atoms with E-state index in [1.165, 1.54) is 0 Å². The van der Waals surface area contributed by atoms with Crippen LogP contribution in [0.4, 0.5) is 25.1 Å². The first-order chi connectivity index (χ1) is 13.1. The Bertz CT molecular complexity index is 614. The maximum absolute atomic E-state index is 12.6. The molecule has 0 aliphatic carbocycles. The summed E-state index contributed by atoms with van der Waals surface area (Å²) in [4.78, 5) is 16.6. The van der Waals surface area contributed by atoms with Crippen molar-refractivity contribution in [2.75, 3.05) is 42.6 Å². The highest BCUT2D eigenvalue weighted by Gasteiger charge is 2.31. The molecule has 0 N–H and O–H groups in total. The summed E-state index contributed by atoms with van der Waals surface area (Å²) in [7, 11) is 0. The van der Waals surface area contributed by atoms with Crippen LogP contribution in [0.25, 0.3) is 0 Å². The zero-order valence-electron chi connectivity index (χ0n) is 16.4. The van der Waals surface area contributed by atoms with Crippen molar-refractivity contribution in [3.8, 4) is 6.01 Å². The molecule has 2 aliphatic rings. The van der Waals surface area contributed by atoms with Crippen molar-refractivity contribution >= 4 is 11.9 Å². The second-order valence-electron chi connectivity index (χ2n) is 7.45. The van der Waals surface area contributed by atoms with Crippen LogP contribution in [0.3, 0.4) is 0 Å². The summed E-state index contributed by atoms with van der Waals surface area (Å²) in [6.45, 7) is 8.38. The maximum atomic E-state index is 12.6. The third kappa shape index (κ3) is 5.57. The quantitative estimate of drug-likeness (QED) is 0.754. The second-order valence-corrected chi connectivity index (χ2v) is 7.45. The fraction of sp³-hybridized carbons (Fsp3) is 0.824. The van der Waals surface area contributed by atoms with Crippen LogP contribution in [0.2, 0.25) is 0 Å². The van der Waals surface area contributed by atoms with Crippen LogP contribution in [-0.4, -0.2) is 78.3 Å². The van der Waals surface area contributed by atoms with Crippen LogP contribution in [0.1, 0.15) is 27.7 Å². The van der Waals surface area contributed by atoms with Crippen molar-refractivity contribution in [3.05, 3.63) is 0 Å². The number of anilines is 2. The molecule has 2 saturated heterocycles. The summed E-state index contributed by atoms with van der Waals surface area (Å²) < 4.78 is 54.1. The van der Waals surface area contributed by atoms with Gasteiger partial charge in [-0.05, 0) is 27.7 Å². The molecular formula is C17H26F3N5O3. The van der Waals surface area contributed by atoms with Crippen LogP contribution in [-0.2, 0) is 9.47 Å². The predicted octanol–water partition coefficient (Wildman–Crippen LogP) is 2.04. The molecule has 1 aromatic rings. The molecule has 3 heterocycles. The van der Waals surface area contributed by atoms with Gasteiger partial charge in [-0.2, -0.15) is 28.1 Å². The van der Waals surface area contributed by atoms with E-state index in [1.54, 1.807) is 0 Å². The number of morpholine rings is 2. The van der Waals surface area contributed by atoms with Gasteiger partial charge in [0.2, 0.25) is 11.9 Å². The molecule has 0 unspecified atom stereocenters. The topological polar surface area (TPSA) is 72.8 Å². The van der Waals surface area contributed by atoms with Crippen molar-refractivity contribution in [2.45, 2.75) is 58.3 Å². The molecule has 11 heteroatoms. The van der Waals surface area contributed by atoms with E-state index in [0.29, 0.717) is 26.2 Å². The van der Waals surface area contributed by atoms with Gasteiger partial charge in [-0.15, -0.1) is 0 Å². The predicted molar refractivity (Wildman–Crippen MR) is 95.8 cm³/mol. The number of hydrogen-bond acceptors (Lipinski definition) is 8. The van der Waals surface area contributed by atoms with Gasteiger partial charge >= 0.3 is 12.2 Å². The molecule has 0 aromatic carbocycles. The molecule has 1 aromatic heterocycles. The zero-order valence-corrected chi connectivity index (χ0v) is 16.4. The lowest BCUT2D eigenvalue weighted by atomic mass is 10.2. The molecule has 2 fully saturated rings. The van der Waals surface area contributed by atoms with Gasteiger partial charge in [-0.3, -0.25) is 0 Å². The molecule has 4 atom stereocenters. The Morgan fingerprint density at radius 2 is 1.21 bits per heavy atom. The van der Waals surface area contributed by atoms with Gasteiger partial charge in [0.05, 0.1) is 24.4 Å². The SMILES string of the molecule is C[C@@H]1CN(c2nc(OCC(F)(F)F)nc(N3C[C@H](C)O[C@@H](C)C3)n2)C[C@H](C)O1. The number of hydrogen-bond donors (Lipinski definition) is 0. The standard InChI is InChI=1S/C17H26F3N5O3/c1-10-5-24(6-11(2)27-10)14-21-15(25-7-12(3)28-13(4)8-25)23-16(22-14)26-9-17(18,19)20/h10-13H,5-9H2,1-4H3/t10-,11-,12-,13+/m0/s1. The molecule has 28 heavy (non-hydrogen) atoms. The molecule has 8 nitrogen and oxygen atoms in total. The van der Waals surface area contributed by atoms with Crippen LogP contribution in [0.15, 0.2) is 0 Å². The number of ether oxygens (including phenoxy) is 3. The van der Waals surface area contributed by atoms with Crippen LogP contribution >= 0.6 is 0 Å². The first kappa shape index (κ1) is 20.8. The third-order valence-corrected chi connectivity index (χ3v) is 4.36. The molecule has 0 bridgehead atoms. The van der Waals surface area contributed by atoms with E-state index < -0.39 is 12.8 Å². The Morgan fingerprint density at radius 3 is 1.57 bits per heavy atom. The minimum atomic E-state index is -4.48. The Balaban J connectivity index is 1.89. The number of alkyl halides is 3. The molecule has 3 rings (SSSR count). The van der Waals surface area contributed by atoms with Crippen molar-refractivity contribution in [3.63, 3.8) is 0 Å². The van der Waals surface area contributed by atoms with Gasteiger partial charge < -0.3 is 24.0 Å². The lowest BCUT2D eigenvalue weighted by Crippen LogP contribution is -2.48. The summed E-state index contributed by atoms with van der Waals surface area (Å²) in [6.07, 6.45) is -4.67. The van der Waals surface area contributed by atoms with Crippen LogP contribution in [0.5, 0.6) is 6.01 Å². The summed E-state index contributed by atoms with van der Waals surface area (Å²) in [6, 6.07) is -0.337. The molecule has 0 saturated carbocycles. The fourth-order valence-corrected chi connectivity index (χ4v) is 3.51. The minimum absolute atomic E-state index is 0.0491. The Morgan fingerprint density at radius 1 is 0.821 bits per heavy atom. The summed E-state index contributed by atoms with van der Waals surface area (Å²) in [5.74, 6) is 0.576.